The Balaban J connectivity index is 4.13. The molecular weight excluding hydrogens is 194 g/mol. The summed E-state index contributed by atoms with van der Waals surface area (Å²) in [6, 6.07) is -0.232. The molecule has 90 valence electrons. The fourth-order valence-corrected chi connectivity index (χ4v) is 1.21. The maximum Gasteiger partial charge on any atom is 0.407 e. The van der Waals surface area contributed by atoms with E-state index < -0.39 is 17.8 Å². The third kappa shape index (κ3) is 6.33. The molecule has 0 bridgehead atoms. The molecule has 15 heavy (non-hydrogen) atoms. The zero-order chi connectivity index (χ0) is 12.1. The van der Waals surface area contributed by atoms with Gasteiger partial charge in [0.05, 0.1) is 12.1 Å². The number of hydrogen-bond donors (Lipinski definition) is 2. The lowest BCUT2D eigenvalue weighted by Gasteiger charge is -2.25. The van der Waals surface area contributed by atoms with E-state index in [0.29, 0.717) is 12.8 Å². The number of aliphatic hydroxyl groups excluding tert-OH is 1. The van der Waals surface area contributed by atoms with Crippen LogP contribution in [0.4, 0.5) is 4.79 Å². The number of amides is 1. The van der Waals surface area contributed by atoms with Crippen LogP contribution in [0, 0.1) is 0 Å². The van der Waals surface area contributed by atoms with Gasteiger partial charge in [-0.05, 0) is 33.6 Å². The maximum atomic E-state index is 11.4. The molecule has 4 heteroatoms. The summed E-state index contributed by atoms with van der Waals surface area (Å²) in [7, 11) is 0. The van der Waals surface area contributed by atoms with Gasteiger partial charge >= 0.3 is 6.09 Å². The van der Waals surface area contributed by atoms with Gasteiger partial charge in [0, 0.05) is 0 Å². The standard InChI is InChI=1S/C11H23NO3/c1-6-8(9(13)7-2)12-10(14)15-11(3,4)5/h8-9,13H,6-7H2,1-5H3,(H,12,14). The van der Waals surface area contributed by atoms with Crippen molar-refractivity contribution in [3.63, 3.8) is 0 Å². The van der Waals surface area contributed by atoms with Gasteiger partial charge in [0.2, 0.25) is 0 Å². The van der Waals surface area contributed by atoms with Gasteiger partial charge in [-0.2, -0.15) is 0 Å². The second-order valence-electron chi connectivity index (χ2n) is 4.64. The van der Waals surface area contributed by atoms with Crippen molar-refractivity contribution in [1.29, 1.82) is 0 Å². The van der Waals surface area contributed by atoms with Gasteiger partial charge in [0.25, 0.3) is 0 Å². The van der Waals surface area contributed by atoms with Crippen LogP contribution in [0.25, 0.3) is 0 Å². The third-order valence-corrected chi connectivity index (χ3v) is 2.02. The number of ether oxygens (including phenoxy) is 1. The van der Waals surface area contributed by atoms with Crippen LogP contribution < -0.4 is 5.32 Å². The second kappa shape index (κ2) is 5.95. The molecule has 4 nitrogen and oxygen atoms in total. The van der Waals surface area contributed by atoms with Crippen molar-refractivity contribution in [3.8, 4) is 0 Å². The zero-order valence-electron chi connectivity index (χ0n) is 10.3. The molecule has 0 aromatic carbocycles. The summed E-state index contributed by atoms with van der Waals surface area (Å²) in [5, 5.41) is 12.3. The van der Waals surface area contributed by atoms with Gasteiger partial charge in [0.15, 0.2) is 0 Å². The monoisotopic (exact) mass is 217 g/mol. The van der Waals surface area contributed by atoms with E-state index in [1.54, 1.807) is 0 Å². The first-order valence-electron chi connectivity index (χ1n) is 5.47. The average molecular weight is 217 g/mol. The van der Waals surface area contributed by atoms with Crippen LogP contribution in [-0.2, 0) is 4.74 Å². The molecule has 2 N–H and O–H groups in total. The van der Waals surface area contributed by atoms with E-state index in [0.717, 1.165) is 0 Å². The fourth-order valence-electron chi connectivity index (χ4n) is 1.21. The molecule has 0 fully saturated rings. The zero-order valence-corrected chi connectivity index (χ0v) is 10.3. The van der Waals surface area contributed by atoms with E-state index >= 15 is 0 Å². The molecule has 2 unspecified atom stereocenters. The topological polar surface area (TPSA) is 58.6 Å². The van der Waals surface area contributed by atoms with Crippen molar-refractivity contribution in [2.45, 2.75) is 65.2 Å². The van der Waals surface area contributed by atoms with E-state index in [2.05, 4.69) is 5.32 Å². The second-order valence-corrected chi connectivity index (χ2v) is 4.64. The number of rotatable bonds is 4. The Morgan fingerprint density at radius 3 is 2.20 bits per heavy atom. The van der Waals surface area contributed by atoms with Crippen LogP contribution in [0.15, 0.2) is 0 Å². The Labute approximate surface area is 92.0 Å². The summed E-state index contributed by atoms with van der Waals surface area (Å²) >= 11 is 0. The van der Waals surface area contributed by atoms with Gasteiger partial charge in [-0.15, -0.1) is 0 Å². The van der Waals surface area contributed by atoms with Crippen LogP contribution in [0.5, 0.6) is 0 Å². The molecule has 0 saturated carbocycles. The van der Waals surface area contributed by atoms with Crippen LogP contribution in [0.2, 0.25) is 0 Å². The number of carbonyl (C=O) groups excluding carboxylic acids is 1. The number of hydrogen-bond acceptors (Lipinski definition) is 3. The maximum absolute atomic E-state index is 11.4. The van der Waals surface area contributed by atoms with Crippen LogP contribution in [0.3, 0.4) is 0 Å². The van der Waals surface area contributed by atoms with E-state index in [4.69, 9.17) is 4.74 Å². The Morgan fingerprint density at radius 2 is 1.87 bits per heavy atom. The quantitative estimate of drug-likeness (QED) is 0.757. The van der Waals surface area contributed by atoms with Gasteiger partial charge in [-0.25, -0.2) is 4.79 Å². The summed E-state index contributed by atoms with van der Waals surface area (Å²) in [6.07, 6.45) is 0.326. The fraction of sp³-hybridized carbons (Fsp3) is 0.909. The molecule has 0 heterocycles. The summed E-state index contributed by atoms with van der Waals surface area (Å²) in [6.45, 7) is 9.22. The highest BCUT2D eigenvalue weighted by atomic mass is 16.6. The summed E-state index contributed by atoms with van der Waals surface area (Å²) in [5.74, 6) is 0. The predicted octanol–water partition coefficient (Wildman–Crippen LogP) is 2.06. The minimum Gasteiger partial charge on any atom is -0.444 e. The van der Waals surface area contributed by atoms with Crippen LogP contribution >= 0.6 is 0 Å². The molecule has 0 spiro atoms. The molecular formula is C11H23NO3. The molecule has 0 aromatic rings. The van der Waals surface area contributed by atoms with Crippen molar-refractivity contribution >= 4 is 6.09 Å². The smallest absolute Gasteiger partial charge is 0.407 e. The normalized spacial score (nSPS) is 15.6. The van der Waals surface area contributed by atoms with Crippen molar-refractivity contribution in [3.05, 3.63) is 0 Å². The van der Waals surface area contributed by atoms with Crippen LogP contribution in [0.1, 0.15) is 47.5 Å². The SMILES string of the molecule is CCC(O)C(CC)NC(=O)OC(C)(C)C. The van der Waals surface area contributed by atoms with Crippen LogP contribution in [-0.4, -0.2) is 28.9 Å². The molecule has 0 saturated heterocycles. The highest BCUT2D eigenvalue weighted by molar-refractivity contribution is 5.68. The molecule has 1 amide bonds. The van der Waals surface area contributed by atoms with Crippen molar-refractivity contribution < 1.29 is 14.6 Å². The Bertz CT molecular complexity index is 198. The van der Waals surface area contributed by atoms with E-state index in [-0.39, 0.29) is 6.04 Å². The number of aliphatic hydroxyl groups is 1. The summed E-state index contributed by atoms with van der Waals surface area (Å²) in [5.41, 5.74) is -0.500. The highest BCUT2D eigenvalue weighted by Gasteiger charge is 2.22. The van der Waals surface area contributed by atoms with Crippen molar-refractivity contribution in [1.82, 2.24) is 5.32 Å². The first-order valence-corrected chi connectivity index (χ1v) is 5.47. The van der Waals surface area contributed by atoms with E-state index in [1.807, 2.05) is 34.6 Å². The molecule has 0 aromatic heterocycles. The molecule has 0 aliphatic rings. The number of carbonyl (C=O) groups is 1. The summed E-state index contributed by atoms with van der Waals surface area (Å²) < 4.78 is 5.10. The average Bonchev–Trinajstić information content (AvgIpc) is 2.10. The third-order valence-electron chi connectivity index (χ3n) is 2.02. The van der Waals surface area contributed by atoms with Gasteiger partial charge in [-0.1, -0.05) is 13.8 Å². The Hall–Kier alpha value is -0.770. The number of nitrogens with one attached hydrogen (secondary N) is 1. The molecule has 2 atom stereocenters. The van der Waals surface area contributed by atoms with Gasteiger partial charge < -0.3 is 15.2 Å². The lowest BCUT2D eigenvalue weighted by atomic mass is 10.1. The molecule has 0 aliphatic heterocycles. The summed E-state index contributed by atoms with van der Waals surface area (Å²) in [4.78, 5) is 11.4. The first kappa shape index (κ1) is 14.2. The molecule has 0 rings (SSSR count). The van der Waals surface area contributed by atoms with E-state index in [1.165, 1.54) is 0 Å². The Morgan fingerprint density at radius 1 is 1.33 bits per heavy atom. The lowest BCUT2D eigenvalue weighted by Crippen LogP contribution is -2.44. The lowest BCUT2D eigenvalue weighted by molar-refractivity contribution is 0.0415. The molecule has 0 radical (unpaired) electrons. The van der Waals surface area contributed by atoms with Crippen molar-refractivity contribution in [2.24, 2.45) is 0 Å². The van der Waals surface area contributed by atoms with Gasteiger partial charge in [-0.3, -0.25) is 0 Å². The largest absolute Gasteiger partial charge is 0.444 e. The van der Waals surface area contributed by atoms with E-state index in [9.17, 15) is 9.90 Å². The first-order chi connectivity index (χ1) is 6.80. The minimum atomic E-state index is -0.512. The van der Waals surface area contributed by atoms with Crippen molar-refractivity contribution in [2.75, 3.05) is 0 Å². The predicted molar refractivity (Wildman–Crippen MR) is 59.7 cm³/mol. The van der Waals surface area contributed by atoms with Gasteiger partial charge in [0.1, 0.15) is 5.60 Å². The highest BCUT2D eigenvalue weighted by Crippen LogP contribution is 2.08. The molecule has 0 aliphatic carbocycles. The Kier molecular flexibility index (Phi) is 5.65. The minimum absolute atomic E-state index is 0.232. The number of alkyl carbamates (subject to hydrolysis) is 1.